The van der Waals surface area contributed by atoms with E-state index in [1.807, 2.05) is 24.3 Å². The molecule has 0 amide bonds. The number of nitro groups is 2. The summed E-state index contributed by atoms with van der Waals surface area (Å²) >= 11 is 0. The molecular weight excluding hydrogens is 360 g/mol. The van der Waals surface area contributed by atoms with E-state index in [-0.39, 0.29) is 11.4 Å². The first-order valence-electron chi connectivity index (χ1n) is 8.18. The zero-order chi connectivity index (χ0) is 19.9. The molecule has 3 aromatic carbocycles. The van der Waals surface area contributed by atoms with E-state index in [0.717, 1.165) is 16.8 Å². The van der Waals surface area contributed by atoms with Gasteiger partial charge in [-0.3, -0.25) is 30.2 Å². The Balaban J connectivity index is 1.64. The molecule has 0 spiro atoms. The summed E-state index contributed by atoms with van der Waals surface area (Å²) in [6.45, 7) is 0. The summed E-state index contributed by atoms with van der Waals surface area (Å²) in [6, 6.07) is 19.4. The van der Waals surface area contributed by atoms with Crippen LogP contribution in [0.3, 0.4) is 0 Å². The maximum Gasteiger partial charge on any atom is 0.269 e. The molecule has 0 saturated heterocycles. The van der Waals surface area contributed by atoms with E-state index in [2.05, 4.69) is 9.98 Å². The molecule has 0 bridgehead atoms. The van der Waals surface area contributed by atoms with E-state index >= 15 is 0 Å². The maximum absolute atomic E-state index is 10.6. The van der Waals surface area contributed by atoms with Gasteiger partial charge in [0.15, 0.2) is 0 Å². The third kappa shape index (κ3) is 4.92. The molecule has 0 aliphatic carbocycles. The molecule has 0 radical (unpaired) electrons. The first-order chi connectivity index (χ1) is 13.5. The minimum atomic E-state index is -0.455. The first-order valence-corrected chi connectivity index (χ1v) is 8.18. The Morgan fingerprint density at radius 1 is 0.571 bits per heavy atom. The summed E-state index contributed by atoms with van der Waals surface area (Å²) in [4.78, 5) is 29.0. The molecule has 0 aromatic heterocycles. The molecule has 0 atom stereocenters. The van der Waals surface area contributed by atoms with Gasteiger partial charge in [-0.05, 0) is 47.5 Å². The van der Waals surface area contributed by atoms with Crippen LogP contribution in [-0.2, 0) is 0 Å². The largest absolute Gasteiger partial charge is 0.269 e. The van der Waals surface area contributed by atoms with Crippen molar-refractivity contribution < 1.29 is 9.85 Å². The summed E-state index contributed by atoms with van der Waals surface area (Å²) in [5.41, 5.74) is 3.02. The third-order valence-electron chi connectivity index (χ3n) is 3.78. The van der Waals surface area contributed by atoms with Crippen molar-refractivity contribution in [1.82, 2.24) is 0 Å². The number of nitro benzene ring substituents is 2. The molecule has 0 N–H and O–H groups in total. The van der Waals surface area contributed by atoms with Crippen molar-refractivity contribution in [2.24, 2.45) is 9.98 Å². The van der Waals surface area contributed by atoms with Gasteiger partial charge in [0.05, 0.1) is 21.2 Å². The number of hydrogen-bond donors (Lipinski definition) is 0. The molecule has 3 aromatic rings. The van der Waals surface area contributed by atoms with Gasteiger partial charge in [0, 0.05) is 36.7 Å². The van der Waals surface area contributed by atoms with E-state index in [1.54, 1.807) is 36.7 Å². The third-order valence-corrected chi connectivity index (χ3v) is 3.78. The highest BCUT2D eigenvalue weighted by Gasteiger charge is 2.03. The van der Waals surface area contributed by atoms with Crippen molar-refractivity contribution in [3.8, 4) is 0 Å². The standard InChI is InChI=1S/C20H14N4O4/c25-23(26)19-9-3-16(4-10-19)14-21-17-5-1-15(2-6-17)13-22-18-7-11-20(12-8-18)24(27)28/h1-14H. The fourth-order valence-electron chi connectivity index (χ4n) is 2.29. The summed E-state index contributed by atoms with van der Waals surface area (Å²) < 4.78 is 0. The Bertz CT molecular complexity index is 955. The lowest BCUT2D eigenvalue weighted by atomic mass is 10.2. The van der Waals surface area contributed by atoms with Crippen LogP contribution in [0.4, 0.5) is 22.7 Å². The molecule has 0 unspecified atom stereocenters. The second kappa shape index (κ2) is 8.45. The SMILES string of the molecule is O=[N+]([O-])c1ccc(C=Nc2ccc(C=Nc3ccc([N+](=O)[O-])cc3)cc2)cc1. The van der Waals surface area contributed by atoms with Gasteiger partial charge in [0.25, 0.3) is 11.4 Å². The molecule has 0 heterocycles. The van der Waals surface area contributed by atoms with Gasteiger partial charge in [0.1, 0.15) is 0 Å². The van der Waals surface area contributed by atoms with Crippen LogP contribution >= 0.6 is 0 Å². The Kier molecular flexibility index (Phi) is 5.61. The number of rotatable bonds is 6. The monoisotopic (exact) mass is 374 g/mol. The van der Waals surface area contributed by atoms with Gasteiger partial charge in [-0.25, -0.2) is 0 Å². The molecule has 8 nitrogen and oxygen atoms in total. The number of nitrogens with zero attached hydrogens (tertiary/aromatic N) is 4. The van der Waals surface area contributed by atoms with Crippen molar-refractivity contribution in [3.05, 3.63) is 104 Å². The number of hydrogen-bond acceptors (Lipinski definition) is 6. The molecule has 0 aliphatic rings. The lowest BCUT2D eigenvalue weighted by molar-refractivity contribution is -0.385. The van der Waals surface area contributed by atoms with Crippen LogP contribution in [0.5, 0.6) is 0 Å². The zero-order valence-electron chi connectivity index (χ0n) is 14.5. The summed E-state index contributed by atoms with van der Waals surface area (Å²) in [5, 5.41) is 21.3. The van der Waals surface area contributed by atoms with Gasteiger partial charge in [-0.15, -0.1) is 0 Å². The zero-order valence-corrected chi connectivity index (χ0v) is 14.5. The Labute approximate surface area is 159 Å². The van der Waals surface area contributed by atoms with E-state index in [4.69, 9.17) is 0 Å². The molecular formula is C20H14N4O4. The normalized spacial score (nSPS) is 11.1. The molecule has 3 rings (SSSR count). The lowest BCUT2D eigenvalue weighted by Gasteiger charge is -1.97. The minimum absolute atomic E-state index is 0.0224. The Morgan fingerprint density at radius 2 is 0.893 bits per heavy atom. The van der Waals surface area contributed by atoms with E-state index in [9.17, 15) is 20.2 Å². The van der Waals surface area contributed by atoms with Gasteiger partial charge in [0.2, 0.25) is 0 Å². The van der Waals surface area contributed by atoms with Gasteiger partial charge in [-0.1, -0.05) is 12.1 Å². The second-order valence-electron chi connectivity index (χ2n) is 5.73. The van der Waals surface area contributed by atoms with Crippen LogP contribution in [0.2, 0.25) is 0 Å². The van der Waals surface area contributed by atoms with Crippen molar-refractivity contribution in [1.29, 1.82) is 0 Å². The minimum Gasteiger partial charge on any atom is -0.258 e. The molecule has 138 valence electrons. The average Bonchev–Trinajstić information content (AvgIpc) is 2.72. The van der Waals surface area contributed by atoms with E-state index in [1.165, 1.54) is 24.3 Å². The highest BCUT2D eigenvalue weighted by molar-refractivity contribution is 5.84. The average molecular weight is 374 g/mol. The number of benzene rings is 3. The molecule has 0 fully saturated rings. The topological polar surface area (TPSA) is 111 Å². The van der Waals surface area contributed by atoms with E-state index < -0.39 is 9.85 Å². The lowest BCUT2D eigenvalue weighted by Crippen LogP contribution is -1.88. The quantitative estimate of drug-likeness (QED) is 0.343. The van der Waals surface area contributed by atoms with Crippen LogP contribution in [0.15, 0.2) is 82.8 Å². The van der Waals surface area contributed by atoms with Crippen LogP contribution in [0.25, 0.3) is 0 Å². The first kappa shape index (κ1) is 18.6. The van der Waals surface area contributed by atoms with Gasteiger partial charge >= 0.3 is 0 Å². The van der Waals surface area contributed by atoms with Gasteiger partial charge < -0.3 is 0 Å². The molecule has 8 heteroatoms. The number of non-ortho nitro benzene ring substituents is 2. The van der Waals surface area contributed by atoms with Crippen LogP contribution in [0.1, 0.15) is 11.1 Å². The summed E-state index contributed by atoms with van der Waals surface area (Å²) in [6.07, 6.45) is 3.29. The van der Waals surface area contributed by atoms with Crippen molar-refractivity contribution in [2.45, 2.75) is 0 Å². The Hall–Kier alpha value is -4.20. The Morgan fingerprint density at radius 3 is 1.29 bits per heavy atom. The molecule has 0 aliphatic heterocycles. The highest BCUT2D eigenvalue weighted by atomic mass is 16.6. The molecule has 28 heavy (non-hydrogen) atoms. The van der Waals surface area contributed by atoms with Crippen LogP contribution < -0.4 is 0 Å². The second-order valence-corrected chi connectivity index (χ2v) is 5.73. The number of aliphatic imine (C=N–C) groups is 2. The summed E-state index contributed by atoms with van der Waals surface area (Å²) in [7, 11) is 0. The van der Waals surface area contributed by atoms with Crippen molar-refractivity contribution in [3.63, 3.8) is 0 Å². The van der Waals surface area contributed by atoms with Crippen molar-refractivity contribution >= 4 is 35.2 Å². The fraction of sp³-hybridized carbons (Fsp3) is 0. The van der Waals surface area contributed by atoms with Crippen molar-refractivity contribution in [2.75, 3.05) is 0 Å². The van der Waals surface area contributed by atoms with Crippen LogP contribution in [-0.4, -0.2) is 22.3 Å². The fourth-order valence-corrected chi connectivity index (χ4v) is 2.29. The molecule has 0 saturated carbocycles. The predicted octanol–water partition coefficient (Wildman–Crippen LogP) is 5.00. The summed E-state index contributed by atoms with van der Waals surface area (Å²) in [5.74, 6) is 0. The van der Waals surface area contributed by atoms with Gasteiger partial charge in [-0.2, -0.15) is 0 Å². The van der Waals surface area contributed by atoms with Crippen LogP contribution in [0, 0.1) is 20.2 Å². The smallest absolute Gasteiger partial charge is 0.258 e. The predicted molar refractivity (Wildman–Crippen MR) is 107 cm³/mol. The van der Waals surface area contributed by atoms with E-state index in [0.29, 0.717) is 5.69 Å². The highest BCUT2D eigenvalue weighted by Crippen LogP contribution is 2.18. The maximum atomic E-state index is 10.6.